The highest BCUT2D eigenvalue weighted by molar-refractivity contribution is 7.46. The number of amides is 1. The average Bonchev–Trinajstić information content (AvgIpc) is 2.82. The number of esters is 1. The lowest BCUT2D eigenvalue weighted by Crippen LogP contribution is -2.37. The van der Waals surface area contributed by atoms with Crippen molar-refractivity contribution in [3.8, 4) is 11.5 Å². The molecule has 0 spiro atoms. The summed E-state index contributed by atoms with van der Waals surface area (Å²) in [4.78, 5) is 51.1. The molecule has 0 aliphatic carbocycles. The van der Waals surface area contributed by atoms with E-state index in [0.29, 0.717) is 31.6 Å². The number of nitrogens with zero attached hydrogens (tertiary/aromatic N) is 2. The SMILES string of the molecule is C[C@@H]1C/C=C/[C@H](C)C/C=C/C(=N/OCC(=O)N2CCCCC2)Cc2cc(OP(=O)(O)O)cc(O)c2C(=O)O1. The third-order valence-corrected chi connectivity index (χ3v) is 6.56. The number of phosphoric ester groups is 1. The van der Waals surface area contributed by atoms with Gasteiger partial charge in [-0.05, 0) is 56.2 Å². The van der Waals surface area contributed by atoms with Crippen LogP contribution in [-0.4, -0.2) is 63.2 Å². The first kappa shape index (κ1) is 29.4. The molecule has 2 heterocycles. The van der Waals surface area contributed by atoms with E-state index >= 15 is 0 Å². The van der Waals surface area contributed by atoms with E-state index in [-0.39, 0.29) is 41.7 Å². The first-order valence-corrected chi connectivity index (χ1v) is 14.2. The maximum absolute atomic E-state index is 13.0. The number of hydrogen-bond donors (Lipinski definition) is 3. The summed E-state index contributed by atoms with van der Waals surface area (Å²) in [5.74, 6) is -1.69. The highest BCUT2D eigenvalue weighted by Gasteiger charge is 2.25. The van der Waals surface area contributed by atoms with Crippen LogP contribution in [0.25, 0.3) is 0 Å². The lowest BCUT2D eigenvalue weighted by atomic mass is 9.99. The molecule has 2 aliphatic rings. The van der Waals surface area contributed by atoms with E-state index in [1.165, 1.54) is 6.07 Å². The molecule has 2 atom stereocenters. The van der Waals surface area contributed by atoms with Gasteiger partial charge in [0.2, 0.25) is 0 Å². The summed E-state index contributed by atoms with van der Waals surface area (Å²) in [5.41, 5.74) is 0.287. The molecule has 1 amide bonds. The standard InChI is InChI=1S/C26H35N2O9P/c1-18-8-6-10-19(2)36-26(31)25-20(15-22(16-23(25)29)37-38(32,33)34)14-21(11-7-9-18)27-35-17-24(30)28-12-4-3-5-13-28/h6-8,11,15-16,18-19,29H,3-5,9-10,12-14,17H2,1-2H3,(H2,32,33,34)/b8-6+,11-7+,27-21-/t18-,19+/m0/s1. The number of aromatic hydroxyl groups is 1. The third kappa shape index (κ3) is 9.31. The first-order valence-electron chi connectivity index (χ1n) is 12.6. The van der Waals surface area contributed by atoms with Gasteiger partial charge in [0, 0.05) is 32.0 Å². The van der Waals surface area contributed by atoms with E-state index in [0.717, 1.165) is 25.3 Å². The van der Waals surface area contributed by atoms with Crippen LogP contribution in [-0.2, 0) is 25.4 Å². The topological polar surface area (TPSA) is 155 Å². The molecule has 1 aromatic carbocycles. The predicted molar refractivity (Wildman–Crippen MR) is 140 cm³/mol. The second-order valence-corrected chi connectivity index (χ2v) is 10.7. The molecule has 2 aliphatic heterocycles. The Hall–Kier alpha value is -3.14. The van der Waals surface area contributed by atoms with Gasteiger partial charge in [-0.25, -0.2) is 9.36 Å². The zero-order chi connectivity index (χ0) is 27.7. The molecule has 1 fully saturated rings. The normalized spacial score (nSPS) is 24.1. The second-order valence-electron chi connectivity index (χ2n) is 9.53. The summed E-state index contributed by atoms with van der Waals surface area (Å²) < 4.78 is 21.6. The van der Waals surface area contributed by atoms with Crippen molar-refractivity contribution in [1.29, 1.82) is 0 Å². The van der Waals surface area contributed by atoms with E-state index in [4.69, 9.17) is 9.57 Å². The van der Waals surface area contributed by atoms with Gasteiger partial charge in [0.25, 0.3) is 5.91 Å². The van der Waals surface area contributed by atoms with Gasteiger partial charge in [0.05, 0.1) is 5.71 Å². The Morgan fingerprint density at radius 3 is 2.61 bits per heavy atom. The molecule has 12 heteroatoms. The van der Waals surface area contributed by atoms with Gasteiger partial charge in [-0.2, -0.15) is 0 Å². The van der Waals surface area contributed by atoms with Crippen LogP contribution in [0.2, 0.25) is 0 Å². The lowest BCUT2D eigenvalue weighted by molar-refractivity contribution is -0.137. The molecule has 0 aromatic heterocycles. The quantitative estimate of drug-likeness (QED) is 0.214. The van der Waals surface area contributed by atoms with E-state index in [9.17, 15) is 29.0 Å². The van der Waals surface area contributed by atoms with E-state index in [1.54, 1.807) is 17.9 Å². The number of allylic oxidation sites excluding steroid dienone is 3. The van der Waals surface area contributed by atoms with Crippen molar-refractivity contribution < 1.29 is 43.1 Å². The number of piperidine rings is 1. The van der Waals surface area contributed by atoms with Crippen LogP contribution in [0.3, 0.4) is 0 Å². The van der Waals surface area contributed by atoms with Gasteiger partial charge in [0.1, 0.15) is 23.2 Å². The third-order valence-electron chi connectivity index (χ3n) is 6.11. The molecule has 3 rings (SSSR count). The number of oxime groups is 1. The number of likely N-dealkylation sites (tertiary alicyclic amines) is 1. The van der Waals surface area contributed by atoms with Crippen LogP contribution in [0.1, 0.15) is 61.9 Å². The van der Waals surface area contributed by atoms with Crippen molar-refractivity contribution in [2.24, 2.45) is 11.1 Å². The van der Waals surface area contributed by atoms with Crippen LogP contribution in [0.15, 0.2) is 41.6 Å². The number of fused-ring (bicyclic) bond motifs is 1. The number of carbonyl (C=O) groups is 2. The number of benzene rings is 1. The zero-order valence-electron chi connectivity index (χ0n) is 21.6. The number of phosphoric acid groups is 1. The first-order chi connectivity index (χ1) is 18.0. The largest absolute Gasteiger partial charge is 0.524 e. The van der Waals surface area contributed by atoms with Gasteiger partial charge in [0.15, 0.2) is 6.61 Å². The highest BCUT2D eigenvalue weighted by atomic mass is 31.2. The number of phenolic OH excluding ortho intramolecular Hbond substituents is 1. The van der Waals surface area contributed by atoms with Crippen molar-refractivity contribution in [1.82, 2.24) is 4.90 Å². The number of hydrogen-bond acceptors (Lipinski definition) is 8. The minimum Gasteiger partial charge on any atom is -0.507 e. The molecule has 0 bridgehead atoms. The average molecular weight is 551 g/mol. The van der Waals surface area contributed by atoms with Crippen LogP contribution >= 0.6 is 7.82 Å². The molecule has 3 N–H and O–H groups in total. The maximum Gasteiger partial charge on any atom is 0.524 e. The number of rotatable bonds is 5. The van der Waals surface area contributed by atoms with Crippen LogP contribution < -0.4 is 4.52 Å². The van der Waals surface area contributed by atoms with E-state index < -0.39 is 25.6 Å². The van der Waals surface area contributed by atoms with Crippen LogP contribution in [0.5, 0.6) is 11.5 Å². The fourth-order valence-corrected chi connectivity index (χ4v) is 4.61. The molecular weight excluding hydrogens is 515 g/mol. The summed E-state index contributed by atoms with van der Waals surface area (Å²) in [5, 5.41) is 14.7. The molecule has 1 saturated heterocycles. The number of carbonyl (C=O) groups excluding carboxylic acids is 2. The van der Waals surface area contributed by atoms with Gasteiger partial charge < -0.3 is 24.1 Å². The summed E-state index contributed by atoms with van der Waals surface area (Å²) >= 11 is 0. The van der Waals surface area contributed by atoms with Crippen molar-refractivity contribution in [2.45, 2.75) is 58.5 Å². The second kappa shape index (κ2) is 13.6. The van der Waals surface area contributed by atoms with Gasteiger partial charge in [-0.3, -0.25) is 14.6 Å². The Bertz CT molecular complexity index is 1140. The van der Waals surface area contributed by atoms with Gasteiger partial charge in [-0.15, -0.1) is 0 Å². The van der Waals surface area contributed by atoms with E-state index in [1.807, 2.05) is 25.2 Å². The summed E-state index contributed by atoms with van der Waals surface area (Å²) in [6.45, 7) is 4.86. The highest BCUT2D eigenvalue weighted by Crippen LogP contribution is 2.40. The maximum atomic E-state index is 13.0. The number of ether oxygens (including phenoxy) is 1. The van der Waals surface area contributed by atoms with Crippen molar-refractivity contribution >= 4 is 25.4 Å². The molecule has 11 nitrogen and oxygen atoms in total. The van der Waals surface area contributed by atoms with Crippen LogP contribution in [0, 0.1) is 5.92 Å². The Morgan fingerprint density at radius 2 is 1.89 bits per heavy atom. The van der Waals surface area contributed by atoms with Crippen molar-refractivity contribution in [3.63, 3.8) is 0 Å². The molecular formula is C26H35N2O9P. The number of cyclic esters (lactones) is 1. The fourth-order valence-electron chi connectivity index (χ4n) is 4.23. The molecule has 0 radical (unpaired) electrons. The Labute approximate surface area is 222 Å². The minimum absolute atomic E-state index is 0.0800. The van der Waals surface area contributed by atoms with Crippen molar-refractivity contribution in [2.75, 3.05) is 19.7 Å². The van der Waals surface area contributed by atoms with Gasteiger partial charge in [-0.1, -0.05) is 30.3 Å². The molecule has 0 unspecified atom stereocenters. The van der Waals surface area contributed by atoms with Crippen molar-refractivity contribution in [3.05, 3.63) is 47.6 Å². The number of phenols is 1. The summed E-state index contributed by atoms with van der Waals surface area (Å²) in [7, 11) is -4.94. The monoisotopic (exact) mass is 550 g/mol. The zero-order valence-corrected chi connectivity index (χ0v) is 22.5. The predicted octanol–water partition coefficient (Wildman–Crippen LogP) is 3.88. The van der Waals surface area contributed by atoms with E-state index in [2.05, 4.69) is 9.68 Å². The van der Waals surface area contributed by atoms with Crippen LogP contribution in [0.4, 0.5) is 0 Å². The van der Waals surface area contributed by atoms with Gasteiger partial charge >= 0.3 is 13.8 Å². The molecule has 0 saturated carbocycles. The Kier molecular flexibility index (Phi) is 10.5. The summed E-state index contributed by atoms with van der Waals surface area (Å²) in [6, 6.07) is 2.17. The fraction of sp³-hybridized carbons (Fsp3) is 0.500. The summed E-state index contributed by atoms with van der Waals surface area (Å²) in [6.07, 6.45) is 11.1. The lowest BCUT2D eigenvalue weighted by Gasteiger charge is -2.26. The molecule has 38 heavy (non-hydrogen) atoms. The smallest absolute Gasteiger partial charge is 0.507 e. The minimum atomic E-state index is -4.94. The Morgan fingerprint density at radius 1 is 1.16 bits per heavy atom. The Balaban J connectivity index is 1.94. The molecule has 208 valence electrons. The molecule has 1 aromatic rings.